The zero-order chi connectivity index (χ0) is 14.6. The Bertz CT molecular complexity index is 469. The van der Waals surface area contributed by atoms with Crippen molar-refractivity contribution in [2.75, 3.05) is 27.7 Å². The molecule has 0 aliphatic carbocycles. The highest BCUT2D eigenvalue weighted by Gasteiger charge is 2.23. The molecule has 0 aromatic carbocycles. The van der Waals surface area contributed by atoms with E-state index in [0.29, 0.717) is 6.54 Å². The van der Waals surface area contributed by atoms with Gasteiger partial charge in [0, 0.05) is 24.5 Å². The van der Waals surface area contributed by atoms with Crippen molar-refractivity contribution in [1.82, 2.24) is 13.9 Å². The first-order valence-electron chi connectivity index (χ1n) is 6.18. The van der Waals surface area contributed by atoms with Crippen molar-refractivity contribution in [1.29, 1.82) is 0 Å². The molecule has 0 fully saturated rings. The van der Waals surface area contributed by atoms with E-state index in [1.807, 2.05) is 50.4 Å². The minimum absolute atomic E-state index is 0.0512. The fourth-order valence-corrected chi connectivity index (χ4v) is 3.63. The Morgan fingerprint density at radius 2 is 1.95 bits per heavy atom. The first-order chi connectivity index (χ1) is 8.75. The molecule has 1 atom stereocenters. The zero-order valence-corrected chi connectivity index (χ0v) is 13.8. The molecule has 0 unspecified atom stereocenters. The van der Waals surface area contributed by atoms with Gasteiger partial charge >= 0.3 is 0 Å². The summed E-state index contributed by atoms with van der Waals surface area (Å²) in [5.41, 5.74) is 0. The number of nitrogens with zero attached hydrogens (tertiary/aromatic N) is 2. The van der Waals surface area contributed by atoms with Gasteiger partial charge in [-0.3, -0.25) is 0 Å². The number of hydrogen-bond donors (Lipinski definition) is 1. The van der Waals surface area contributed by atoms with Gasteiger partial charge in [0.15, 0.2) is 0 Å². The van der Waals surface area contributed by atoms with Crippen LogP contribution in [0, 0.1) is 0 Å². The lowest BCUT2D eigenvalue weighted by atomic mass is 10.2. The van der Waals surface area contributed by atoms with E-state index in [1.54, 1.807) is 18.4 Å². The largest absolute Gasteiger partial charge is 0.300 e. The maximum Gasteiger partial charge on any atom is 0.279 e. The van der Waals surface area contributed by atoms with Gasteiger partial charge < -0.3 is 4.90 Å². The molecule has 5 nitrogen and oxygen atoms in total. The SMILES string of the molecule is CC(C)N(C)S(=O)(=O)NC[C@@H](c1cccs1)N(C)C. The average molecular weight is 305 g/mol. The Morgan fingerprint density at radius 3 is 2.37 bits per heavy atom. The summed E-state index contributed by atoms with van der Waals surface area (Å²) in [5, 5.41) is 2.00. The van der Waals surface area contributed by atoms with Gasteiger partial charge in [-0.25, -0.2) is 4.72 Å². The Morgan fingerprint density at radius 1 is 1.32 bits per heavy atom. The third-order valence-electron chi connectivity index (χ3n) is 3.06. The van der Waals surface area contributed by atoms with Crippen molar-refractivity contribution in [3.63, 3.8) is 0 Å². The van der Waals surface area contributed by atoms with Crippen LogP contribution < -0.4 is 4.72 Å². The number of thiophene rings is 1. The summed E-state index contributed by atoms with van der Waals surface area (Å²) < 4.78 is 28.2. The predicted molar refractivity (Wildman–Crippen MR) is 80.6 cm³/mol. The molecule has 0 amide bonds. The third-order valence-corrected chi connectivity index (χ3v) is 5.75. The minimum atomic E-state index is -3.42. The Kier molecular flexibility index (Phi) is 5.94. The topological polar surface area (TPSA) is 52.7 Å². The molecule has 1 rings (SSSR count). The van der Waals surface area contributed by atoms with Gasteiger partial charge in [-0.1, -0.05) is 6.07 Å². The average Bonchev–Trinajstić information content (AvgIpc) is 2.81. The fraction of sp³-hybridized carbons (Fsp3) is 0.667. The molecular weight excluding hydrogens is 282 g/mol. The lowest BCUT2D eigenvalue weighted by Gasteiger charge is -2.26. The molecule has 19 heavy (non-hydrogen) atoms. The summed E-state index contributed by atoms with van der Waals surface area (Å²) >= 11 is 1.63. The second-order valence-corrected chi connectivity index (χ2v) is 7.75. The number of likely N-dealkylation sites (N-methyl/N-ethyl adjacent to an activating group) is 1. The second-order valence-electron chi connectivity index (χ2n) is 4.96. The lowest BCUT2D eigenvalue weighted by Crippen LogP contribution is -2.44. The van der Waals surface area contributed by atoms with Crippen LogP contribution >= 0.6 is 11.3 Å². The van der Waals surface area contributed by atoms with Gasteiger partial charge in [-0.05, 0) is 39.4 Å². The van der Waals surface area contributed by atoms with Crippen LogP contribution in [-0.2, 0) is 10.2 Å². The predicted octanol–water partition coefficient (Wildman–Crippen LogP) is 1.53. The van der Waals surface area contributed by atoms with E-state index in [2.05, 4.69) is 4.72 Å². The molecule has 1 heterocycles. The first-order valence-corrected chi connectivity index (χ1v) is 8.50. The van der Waals surface area contributed by atoms with Crippen LogP contribution in [0.1, 0.15) is 24.8 Å². The van der Waals surface area contributed by atoms with Gasteiger partial charge in [0.25, 0.3) is 10.2 Å². The molecule has 1 N–H and O–H groups in total. The van der Waals surface area contributed by atoms with Crippen molar-refractivity contribution in [2.24, 2.45) is 0 Å². The highest BCUT2D eigenvalue weighted by Crippen LogP contribution is 2.22. The lowest BCUT2D eigenvalue weighted by molar-refractivity contribution is 0.300. The first kappa shape index (κ1) is 16.6. The van der Waals surface area contributed by atoms with Gasteiger partial charge in [-0.15, -0.1) is 11.3 Å². The smallest absolute Gasteiger partial charge is 0.279 e. The maximum absolute atomic E-state index is 12.1. The zero-order valence-electron chi connectivity index (χ0n) is 12.1. The molecule has 0 spiro atoms. The third kappa shape index (κ3) is 4.54. The fourth-order valence-electron chi connectivity index (χ4n) is 1.58. The molecule has 0 saturated carbocycles. The van der Waals surface area contributed by atoms with Crippen LogP contribution in [0.15, 0.2) is 17.5 Å². The van der Waals surface area contributed by atoms with Crippen LogP contribution in [0.3, 0.4) is 0 Å². The van der Waals surface area contributed by atoms with Gasteiger partial charge in [-0.2, -0.15) is 12.7 Å². The van der Waals surface area contributed by atoms with Crippen LogP contribution in [-0.4, -0.2) is 51.4 Å². The Hall–Kier alpha value is -0.470. The Labute approximate surface area is 120 Å². The standard InChI is InChI=1S/C12H23N3O2S2/c1-10(2)15(5)19(16,17)13-9-11(14(3)4)12-7-6-8-18-12/h6-8,10-11,13H,9H2,1-5H3/t11-/m0/s1. The van der Waals surface area contributed by atoms with Crippen LogP contribution in [0.5, 0.6) is 0 Å². The van der Waals surface area contributed by atoms with Crippen LogP contribution in [0.4, 0.5) is 0 Å². The summed E-state index contributed by atoms with van der Waals surface area (Å²) in [5.74, 6) is 0. The summed E-state index contributed by atoms with van der Waals surface area (Å²) in [7, 11) is 2.07. The molecule has 1 aromatic heterocycles. The molecule has 0 radical (unpaired) electrons. The molecule has 0 aliphatic heterocycles. The van der Waals surface area contributed by atoms with E-state index < -0.39 is 10.2 Å². The highest BCUT2D eigenvalue weighted by atomic mass is 32.2. The molecule has 0 bridgehead atoms. The number of hydrogen-bond acceptors (Lipinski definition) is 4. The monoisotopic (exact) mass is 305 g/mol. The van der Waals surface area contributed by atoms with E-state index in [9.17, 15) is 8.42 Å². The van der Waals surface area contributed by atoms with E-state index in [0.717, 1.165) is 4.88 Å². The molecule has 0 saturated heterocycles. The van der Waals surface area contributed by atoms with E-state index in [-0.39, 0.29) is 12.1 Å². The number of rotatable bonds is 7. The minimum Gasteiger partial charge on any atom is -0.300 e. The van der Waals surface area contributed by atoms with Crippen molar-refractivity contribution in [3.8, 4) is 0 Å². The van der Waals surface area contributed by atoms with Crippen LogP contribution in [0.25, 0.3) is 0 Å². The summed E-state index contributed by atoms with van der Waals surface area (Å²) in [6.45, 7) is 4.07. The van der Waals surface area contributed by atoms with E-state index in [4.69, 9.17) is 0 Å². The summed E-state index contributed by atoms with van der Waals surface area (Å²) in [6.07, 6.45) is 0. The maximum atomic E-state index is 12.1. The number of nitrogens with one attached hydrogen (secondary N) is 1. The highest BCUT2D eigenvalue weighted by molar-refractivity contribution is 7.87. The van der Waals surface area contributed by atoms with E-state index in [1.165, 1.54) is 4.31 Å². The molecule has 0 aliphatic rings. The van der Waals surface area contributed by atoms with Crippen molar-refractivity contribution in [2.45, 2.75) is 25.9 Å². The van der Waals surface area contributed by atoms with Gasteiger partial charge in [0.2, 0.25) is 0 Å². The van der Waals surface area contributed by atoms with Gasteiger partial charge in [0.1, 0.15) is 0 Å². The van der Waals surface area contributed by atoms with E-state index >= 15 is 0 Å². The van der Waals surface area contributed by atoms with Crippen molar-refractivity contribution >= 4 is 21.5 Å². The summed E-state index contributed by atoms with van der Waals surface area (Å²) in [6, 6.07) is 3.99. The second kappa shape index (κ2) is 6.81. The quantitative estimate of drug-likeness (QED) is 0.831. The van der Waals surface area contributed by atoms with Gasteiger partial charge in [0.05, 0.1) is 6.04 Å². The summed E-state index contributed by atoms with van der Waals surface area (Å²) in [4.78, 5) is 3.17. The molecule has 7 heteroatoms. The normalized spacial score (nSPS) is 14.5. The van der Waals surface area contributed by atoms with Crippen molar-refractivity contribution < 1.29 is 8.42 Å². The molecule has 1 aromatic rings. The molecular formula is C12H23N3O2S2. The Balaban J connectivity index is 2.73. The van der Waals surface area contributed by atoms with Crippen molar-refractivity contribution in [3.05, 3.63) is 22.4 Å². The molecule has 110 valence electrons. The van der Waals surface area contributed by atoms with Crippen LogP contribution in [0.2, 0.25) is 0 Å².